The summed E-state index contributed by atoms with van der Waals surface area (Å²) in [4.78, 5) is 14.5. The van der Waals surface area contributed by atoms with Crippen molar-refractivity contribution >= 4 is 11.7 Å². The van der Waals surface area contributed by atoms with Crippen molar-refractivity contribution in [2.24, 2.45) is 0 Å². The van der Waals surface area contributed by atoms with E-state index >= 15 is 0 Å². The Morgan fingerprint density at radius 3 is 2.71 bits per heavy atom. The van der Waals surface area contributed by atoms with E-state index in [4.69, 9.17) is 9.84 Å². The summed E-state index contributed by atoms with van der Waals surface area (Å²) in [5, 5.41) is 17.1. The van der Waals surface area contributed by atoms with E-state index in [9.17, 15) is 4.79 Å². The molecule has 0 saturated carbocycles. The molecular weight excluding hydrogens is 356 g/mol. The monoisotopic (exact) mass is 381 g/mol. The molecule has 0 aliphatic heterocycles. The van der Waals surface area contributed by atoms with Gasteiger partial charge in [0, 0.05) is 37.0 Å². The Labute approximate surface area is 164 Å². The lowest BCUT2D eigenvalue weighted by Crippen LogP contribution is -2.35. The van der Waals surface area contributed by atoms with E-state index < -0.39 is 0 Å². The maximum absolute atomic E-state index is 12.8. The summed E-state index contributed by atoms with van der Waals surface area (Å²) in [7, 11) is 1.62. The number of anilines is 1. The Balaban J connectivity index is 1.68. The van der Waals surface area contributed by atoms with Crippen molar-refractivity contribution in [1.29, 1.82) is 0 Å². The molecule has 2 amide bonds. The molecule has 0 fully saturated rings. The Morgan fingerprint density at radius 1 is 1.21 bits per heavy atom. The standard InChI is InChI=1S/C21H24N4O3/c1-28-20-5-2-4-16(12-20)15-25(10-3-11-26)21(27)24-19-8-6-17(7-9-19)18-13-22-23-14-18/h2,4-9,12-14,26H,3,10-11,15H2,1H3,(H,22,23)(H,24,27)/p+1. The molecule has 0 aliphatic carbocycles. The average Bonchev–Trinajstić information content (AvgIpc) is 3.26. The minimum absolute atomic E-state index is 0.188. The third-order valence-electron chi connectivity index (χ3n) is 4.37. The fourth-order valence-electron chi connectivity index (χ4n) is 2.87. The van der Waals surface area contributed by atoms with Gasteiger partial charge in [-0.05, 0) is 35.4 Å². The predicted molar refractivity (Wildman–Crippen MR) is 110 cm³/mol. The van der Waals surface area contributed by atoms with E-state index in [1.165, 1.54) is 0 Å². The number of aromatic nitrogens is 2. The zero-order valence-electron chi connectivity index (χ0n) is 15.8. The Bertz CT molecular complexity index is 879. The molecule has 0 atom stereocenters. The fourth-order valence-corrected chi connectivity index (χ4v) is 2.87. The van der Waals surface area contributed by atoms with Gasteiger partial charge in [-0.2, -0.15) is 5.10 Å². The Kier molecular flexibility index (Phi) is 6.64. The number of nitrogens with one attached hydrogen (secondary N) is 2. The van der Waals surface area contributed by atoms with Crippen molar-refractivity contribution < 1.29 is 14.6 Å². The van der Waals surface area contributed by atoms with Crippen LogP contribution in [-0.2, 0) is 6.54 Å². The lowest BCUT2D eigenvalue weighted by Gasteiger charge is -2.23. The molecule has 0 radical (unpaired) electrons. The molecule has 3 aromatic rings. The second-order valence-electron chi connectivity index (χ2n) is 6.37. The third-order valence-corrected chi connectivity index (χ3v) is 4.37. The molecule has 0 aliphatic rings. The molecule has 0 saturated heterocycles. The minimum Gasteiger partial charge on any atom is -0.497 e. The molecule has 4 N–H and O–H groups in total. The summed E-state index contributed by atoms with van der Waals surface area (Å²) in [6.45, 7) is 1.25. The number of carbonyl (C=O) groups is 1. The summed E-state index contributed by atoms with van der Waals surface area (Å²) in [5.74, 6) is 0.758. The summed E-state index contributed by atoms with van der Waals surface area (Å²) < 4.78 is 5.26. The van der Waals surface area contributed by atoms with Gasteiger partial charge in [-0.25, -0.2) is 4.79 Å². The zero-order chi connectivity index (χ0) is 19.8. The summed E-state index contributed by atoms with van der Waals surface area (Å²) in [6.07, 6.45) is 4.20. The number of aromatic amines is 1. The van der Waals surface area contributed by atoms with Gasteiger partial charge < -0.3 is 20.1 Å². The van der Waals surface area contributed by atoms with Gasteiger partial charge in [-0.3, -0.25) is 5.10 Å². The lowest BCUT2D eigenvalue weighted by molar-refractivity contribution is 0.199. The highest BCUT2D eigenvalue weighted by molar-refractivity contribution is 5.89. The van der Waals surface area contributed by atoms with Crippen LogP contribution in [0.3, 0.4) is 0 Å². The molecule has 7 nitrogen and oxygen atoms in total. The van der Waals surface area contributed by atoms with Gasteiger partial charge in [0.1, 0.15) is 12.4 Å². The maximum atomic E-state index is 12.8. The van der Waals surface area contributed by atoms with Crippen LogP contribution in [0, 0.1) is 0 Å². The SMILES string of the molecule is COc1cccc(CN(CCC[OH2+])C(=O)Nc2ccc(-c3cn[nH]c3)cc2)c1. The Hall–Kier alpha value is -3.32. The van der Waals surface area contributed by atoms with Crippen LogP contribution in [0.5, 0.6) is 5.75 Å². The number of nitrogens with zero attached hydrogens (tertiary/aromatic N) is 2. The smallest absolute Gasteiger partial charge is 0.322 e. The first-order chi connectivity index (χ1) is 13.7. The number of rotatable bonds is 8. The quantitative estimate of drug-likeness (QED) is 0.587. The van der Waals surface area contributed by atoms with Crippen molar-refractivity contribution in [3.63, 3.8) is 0 Å². The fraction of sp³-hybridized carbons (Fsp3) is 0.238. The summed E-state index contributed by atoms with van der Waals surface area (Å²) >= 11 is 0. The van der Waals surface area contributed by atoms with Crippen LogP contribution in [-0.4, -0.2) is 46.5 Å². The summed E-state index contributed by atoms with van der Waals surface area (Å²) in [5.41, 5.74) is 3.72. The number of methoxy groups -OCH3 is 1. The number of hydrogen-bond donors (Lipinski definition) is 2. The first kappa shape index (κ1) is 19.4. The molecule has 7 heteroatoms. The first-order valence-corrected chi connectivity index (χ1v) is 9.12. The van der Waals surface area contributed by atoms with Gasteiger partial charge in [0.15, 0.2) is 0 Å². The number of urea groups is 1. The van der Waals surface area contributed by atoms with Crippen LogP contribution in [0.1, 0.15) is 12.0 Å². The highest BCUT2D eigenvalue weighted by atomic mass is 16.5. The van der Waals surface area contributed by atoms with Crippen LogP contribution < -0.4 is 10.1 Å². The van der Waals surface area contributed by atoms with E-state index in [0.29, 0.717) is 19.5 Å². The molecular formula is C21H25N4O3+. The molecule has 0 bridgehead atoms. The normalized spacial score (nSPS) is 10.5. The highest BCUT2D eigenvalue weighted by Gasteiger charge is 2.15. The number of ether oxygens (including phenoxy) is 1. The van der Waals surface area contributed by atoms with E-state index in [1.807, 2.05) is 54.7 Å². The second-order valence-corrected chi connectivity index (χ2v) is 6.37. The van der Waals surface area contributed by atoms with Gasteiger partial charge in [-0.1, -0.05) is 24.3 Å². The maximum Gasteiger partial charge on any atom is 0.322 e. The van der Waals surface area contributed by atoms with Gasteiger partial charge in [0.2, 0.25) is 0 Å². The van der Waals surface area contributed by atoms with Crippen LogP contribution in [0.2, 0.25) is 0 Å². The molecule has 0 unspecified atom stereocenters. The molecule has 0 spiro atoms. The second kappa shape index (κ2) is 9.57. The van der Waals surface area contributed by atoms with Crippen molar-refractivity contribution in [1.82, 2.24) is 15.1 Å². The van der Waals surface area contributed by atoms with Crippen molar-refractivity contribution in [3.8, 4) is 16.9 Å². The van der Waals surface area contributed by atoms with Crippen LogP contribution in [0.25, 0.3) is 11.1 Å². The van der Waals surface area contributed by atoms with Crippen LogP contribution >= 0.6 is 0 Å². The first-order valence-electron chi connectivity index (χ1n) is 9.12. The Morgan fingerprint density at radius 2 is 2.04 bits per heavy atom. The third kappa shape index (κ3) is 5.11. The van der Waals surface area contributed by atoms with Crippen molar-refractivity contribution in [2.45, 2.75) is 13.0 Å². The molecule has 1 heterocycles. The average molecular weight is 381 g/mol. The van der Waals surface area contributed by atoms with Gasteiger partial charge >= 0.3 is 6.03 Å². The molecule has 3 rings (SSSR count). The van der Waals surface area contributed by atoms with Crippen molar-refractivity contribution in [2.75, 3.05) is 25.6 Å². The summed E-state index contributed by atoms with van der Waals surface area (Å²) in [6, 6.07) is 15.1. The number of benzene rings is 2. The van der Waals surface area contributed by atoms with Crippen LogP contribution in [0.4, 0.5) is 10.5 Å². The van der Waals surface area contributed by atoms with Gasteiger partial charge in [-0.15, -0.1) is 0 Å². The number of hydrogen-bond acceptors (Lipinski definition) is 3. The number of amides is 2. The van der Waals surface area contributed by atoms with E-state index in [1.54, 1.807) is 18.2 Å². The number of carbonyl (C=O) groups excluding carboxylic acids is 1. The predicted octanol–water partition coefficient (Wildman–Crippen LogP) is 3.23. The topological polar surface area (TPSA) is 93.2 Å². The van der Waals surface area contributed by atoms with E-state index in [0.717, 1.165) is 28.1 Å². The minimum atomic E-state index is -0.188. The van der Waals surface area contributed by atoms with E-state index in [-0.39, 0.29) is 12.6 Å². The molecule has 2 aromatic carbocycles. The molecule has 28 heavy (non-hydrogen) atoms. The van der Waals surface area contributed by atoms with Crippen LogP contribution in [0.15, 0.2) is 60.9 Å². The van der Waals surface area contributed by atoms with E-state index in [2.05, 4.69) is 15.5 Å². The van der Waals surface area contributed by atoms with Crippen molar-refractivity contribution in [3.05, 3.63) is 66.5 Å². The molecule has 1 aromatic heterocycles. The molecule has 146 valence electrons. The largest absolute Gasteiger partial charge is 0.497 e. The zero-order valence-corrected chi connectivity index (χ0v) is 15.8. The van der Waals surface area contributed by atoms with Gasteiger partial charge in [0.05, 0.1) is 13.3 Å². The highest BCUT2D eigenvalue weighted by Crippen LogP contribution is 2.21. The lowest BCUT2D eigenvalue weighted by atomic mass is 10.1. The number of H-pyrrole nitrogens is 1. The van der Waals surface area contributed by atoms with Gasteiger partial charge in [0.25, 0.3) is 0 Å².